The molecule has 1 aliphatic carbocycles. The number of aryl methyl sites for hydroxylation is 1. The Hall–Kier alpha value is -1.86. The molecule has 2 rings (SSSR count). The SMILES string of the molecule is CC(C)C(C)(C#N)NC(=O)CN(C)C1CCc2ccccc21. The molecule has 4 heteroatoms. The van der Waals surface area contributed by atoms with E-state index in [0.717, 1.165) is 12.8 Å². The predicted molar refractivity (Wildman–Crippen MR) is 87.1 cm³/mol. The quantitative estimate of drug-likeness (QED) is 0.909. The summed E-state index contributed by atoms with van der Waals surface area (Å²) in [7, 11) is 1.98. The van der Waals surface area contributed by atoms with Gasteiger partial charge in [-0.05, 0) is 43.9 Å². The summed E-state index contributed by atoms with van der Waals surface area (Å²) in [4.78, 5) is 14.4. The lowest BCUT2D eigenvalue weighted by Crippen LogP contribution is -2.51. The Labute approximate surface area is 133 Å². The Morgan fingerprint density at radius 3 is 2.82 bits per heavy atom. The van der Waals surface area contributed by atoms with Crippen LogP contribution in [0.25, 0.3) is 0 Å². The zero-order valence-corrected chi connectivity index (χ0v) is 13.9. The summed E-state index contributed by atoms with van der Waals surface area (Å²) in [5.41, 5.74) is 1.89. The number of carbonyl (C=O) groups excluding carboxylic acids is 1. The molecule has 118 valence electrons. The first kappa shape index (κ1) is 16.5. The van der Waals surface area contributed by atoms with Crippen molar-refractivity contribution in [3.8, 4) is 6.07 Å². The molecule has 1 aromatic carbocycles. The van der Waals surface area contributed by atoms with Crippen LogP contribution in [0.3, 0.4) is 0 Å². The van der Waals surface area contributed by atoms with Crippen LogP contribution in [0.1, 0.15) is 44.4 Å². The summed E-state index contributed by atoms with van der Waals surface area (Å²) >= 11 is 0. The van der Waals surface area contributed by atoms with Crippen LogP contribution in [0.15, 0.2) is 24.3 Å². The third kappa shape index (κ3) is 3.31. The van der Waals surface area contributed by atoms with Gasteiger partial charge in [-0.1, -0.05) is 38.1 Å². The van der Waals surface area contributed by atoms with E-state index in [1.54, 1.807) is 6.92 Å². The highest BCUT2D eigenvalue weighted by Gasteiger charge is 2.32. The molecule has 0 spiro atoms. The molecule has 0 fully saturated rings. The molecule has 4 nitrogen and oxygen atoms in total. The lowest BCUT2D eigenvalue weighted by Gasteiger charge is -2.30. The highest BCUT2D eigenvalue weighted by atomic mass is 16.2. The van der Waals surface area contributed by atoms with Crippen molar-refractivity contribution in [1.82, 2.24) is 10.2 Å². The number of hydrogen-bond donors (Lipinski definition) is 1. The number of nitrogens with zero attached hydrogens (tertiary/aromatic N) is 2. The summed E-state index contributed by atoms with van der Waals surface area (Å²) in [6.45, 7) is 5.98. The van der Waals surface area contributed by atoms with Gasteiger partial charge >= 0.3 is 0 Å². The molecular formula is C18H25N3O. The van der Waals surface area contributed by atoms with Crippen molar-refractivity contribution >= 4 is 5.91 Å². The molecule has 0 aliphatic heterocycles. The molecule has 0 saturated heterocycles. The van der Waals surface area contributed by atoms with Crippen LogP contribution >= 0.6 is 0 Å². The monoisotopic (exact) mass is 299 g/mol. The summed E-state index contributed by atoms with van der Waals surface area (Å²) in [6, 6.07) is 10.9. The summed E-state index contributed by atoms with van der Waals surface area (Å²) in [5, 5.41) is 12.2. The lowest BCUT2D eigenvalue weighted by molar-refractivity contribution is -0.124. The molecule has 0 bridgehead atoms. The number of benzene rings is 1. The molecule has 0 saturated carbocycles. The Balaban J connectivity index is 2.00. The van der Waals surface area contributed by atoms with Crippen LogP contribution in [0.4, 0.5) is 0 Å². The zero-order valence-electron chi connectivity index (χ0n) is 13.9. The lowest BCUT2D eigenvalue weighted by atomic mass is 9.90. The van der Waals surface area contributed by atoms with Gasteiger partial charge in [0.15, 0.2) is 0 Å². The third-order valence-corrected chi connectivity index (χ3v) is 4.81. The van der Waals surface area contributed by atoms with Gasteiger partial charge in [-0.3, -0.25) is 9.69 Å². The van der Waals surface area contributed by atoms with E-state index in [0.29, 0.717) is 6.54 Å². The smallest absolute Gasteiger partial charge is 0.235 e. The minimum atomic E-state index is -0.814. The number of nitriles is 1. The molecule has 1 amide bonds. The fourth-order valence-electron chi connectivity index (χ4n) is 2.96. The second-order valence-corrected chi connectivity index (χ2v) is 6.69. The third-order valence-electron chi connectivity index (χ3n) is 4.81. The highest BCUT2D eigenvalue weighted by Crippen LogP contribution is 2.34. The molecular weight excluding hydrogens is 274 g/mol. The van der Waals surface area contributed by atoms with E-state index in [1.165, 1.54) is 11.1 Å². The number of carbonyl (C=O) groups is 1. The van der Waals surface area contributed by atoms with Gasteiger partial charge in [0, 0.05) is 6.04 Å². The summed E-state index contributed by atoms with van der Waals surface area (Å²) in [6.07, 6.45) is 2.11. The van der Waals surface area contributed by atoms with Gasteiger partial charge in [0.25, 0.3) is 0 Å². The molecule has 0 radical (unpaired) electrons. The van der Waals surface area contributed by atoms with Gasteiger partial charge in [0.05, 0.1) is 12.6 Å². The van der Waals surface area contributed by atoms with E-state index >= 15 is 0 Å². The fourth-order valence-corrected chi connectivity index (χ4v) is 2.96. The maximum absolute atomic E-state index is 12.3. The van der Waals surface area contributed by atoms with E-state index in [2.05, 4.69) is 40.6 Å². The summed E-state index contributed by atoms with van der Waals surface area (Å²) < 4.78 is 0. The van der Waals surface area contributed by atoms with Gasteiger partial charge in [0.2, 0.25) is 5.91 Å². The van der Waals surface area contributed by atoms with Gasteiger partial charge in [-0.2, -0.15) is 5.26 Å². The minimum absolute atomic E-state index is 0.0685. The molecule has 1 aliphatic rings. The predicted octanol–water partition coefficient (Wildman–Crippen LogP) is 2.66. The first-order chi connectivity index (χ1) is 10.4. The standard InChI is InChI=1S/C18H25N3O/c1-13(2)18(3,12-19)20-17(22)11-21(4)16-10-9-14-7-5-6-8-15(14)16/h5-8,13,16H,9-11H2,1-4H3,(H,20,22). The molecule has 0 heterocycles. The molecule has 2 atom stereocenters. The molecule has 2 unspecified atom stereocenters. The molecule has 0 aromatic heterocycles. The van der Waals surface area contributed by atoms with Gasteiger partial charge in [-0.15, -0.1) is 0 Å². The average Bonchev–Trinajstić information content (AvgIpc) is 2.90. The van der Waals surface area contributed by atoms with E-state index in [-0.39, 0.29) is 17.9 Å². The van der Waals surface area contributed by atoms with Crippen LogP contribution in [0, 0.1) is 17.2 Å². The molecule has 1 aromatic rings. The summed E-state index contributed by atoms with van der Waals surface area (Å²) in [5.74, 6) is -0.0245. The maximum atomic E-state index is 12.3. The first-order valence-electron chi connectivity index (χ1n) is 7.87. The normalized spacial score (nSPS) is 19.6. The maximum Gasteiger partial charge on any atom is 0.235 e. The number of likely N-dealkylation sites (N-methyl/N-ethyl adjacent to an activating group) is 1. The second kappa shape index (κ2) is 6.50. The molecule has 1 N–H and O–H groups in total. The Bertz CT molecular complexity index is 590. The number of hydrogen-bond acceptors (Lipinski definition) is 3. The number of amides is 1. The Morgan fingerprint density at radius 2 is 2.18 bits per heavy atom. The van der Waals surface area contributed by atoms with Crippen molar-refractivity contribution in [2.45, 2.75) is 45.2 Å². The van der Waals surface area contributed by atoms with Gasteiger partial charge < -0.3 is 5.32 Å². The van der Waals surface area contributed by atoms with E-state index in [1.807, 2.05) is 20.9 Å². The zero-order chi connectivity index (χ0) is 16.3. The van der Waals surface area contributed by atoms with Crippen molar-refractivity contribution in [3.63, 3.8) is 0 Å². The highest BCUT2D eigenvalue weighted by molar-refractivity contribution is 5.79. The van der Waals surface area contributed by atoms with Crippen molar-refractivity contribution in [2.24, 2.45) is 5.92 Å². The van der Waals surface area contributed by atoms with Gasteiger partial charge in [0.1, 0.15) is 5.54 Å². The van der Waals surface area contributed by atoms with E-state index < -0.39 is 5.54 Å². The molecule has 22 heavy (non-hydrogen) atoms. The topological polar surface area (TPSA) is 56.1 Å². The number of fused-ring (bicyclic) bond motifs is 1. The average molecular weight is 299 g/mol. The van der Waals surface area contributed by atoms with Crippen molar-refractivity contribution in [2.75, 3.05) is 13.6 Å². The largest absolute Gasteiger partial charge is 0.337 e. The Morgan fingerprint density at radius 1 is 1.50 bits per heavy atom. The second-order valence-electron chi connectivity index (χ2n) is 6.69. The number of nitrogens with one attached hydrogen (secondary N) is 1. The van der Waals surface area contributed by atoms with Gasteiger partial charge in [-0.25, -0.2) is 0 Å². The van der Waals surface area contributed by atoms with Crippen LogP contribution in [0.5, 0.6) is 0 Å². The van der Waals surface area contributed by atoms with Crippen LogP contribution in [-0.2, 0) is 11.2 Å². The fraction of sp³-hybridized carbons (Fsp3) is 0.556. The van der Waals surface area contributed by atoms with E-state index in [9.17, 15) is 10.1 Å². The van der Waals surface area contributed by atoms with Crippen molar-refractivity contribution in [3.05, 3.63) is 35.4 Å². The van der Waals surface area contributed by atoms with Crippen molar-refractivity contribution < 1.29 is 4.79 Å². The van der Waals surface area contributed by atoms with Crippen LogP contribution in [-0.4, -0.2) is 29.9 Å². The van der Waals surface area contributed by atoms with Crippen molar-refractivity contribution in [1.29, 1.82) is 5.26 Å². The number of rotatable bonds is 5. The van der Waals surface area contributed by atoms with Crippen LogP contribution in [0.2, 0.25) is 0 Å². The Kier molecular flexibility index (Phi) is 4.87. The van der Waals surface area contributed by atoms with E-state index in [4.69, 9.17) is 0 Å². The van der Waals surface area contributed by atoms with Crippen LogP contribution < -0.4 is 5.32 Å². The minimum Gasteiger partial charge on any atom is -0.337 e. The first-order valence-corrected chi connectivity index (χ1v) is 7.87.